The second-order valence-electron chi connectivity index (χ2n) is 5.81. The Morgan fingerprint density at radius 3 is 2.52 bits per heavy atom. The van der Waals surface area contributed by atoms with Crippen LogP contribution in [0.25, 0.3) is 0 Å². The van der Waals surface area contributed by atoms with Crippen molar-refractivity contribution in [2.75, 3.05) is 13.2 Å². The van der Waals surface area contributed by atoms with Gasteiger partial charge in [-0.25, -0.2) is 0 Å². The normalized spacial score (nSPS) is 20.2. The van der Waals surface area contributed by atoms with Gasteiger partial charge in [0.25, 0.3) is 0 Å². The minimum Gasteiger partial charge on any atom is -0.364 e. The molecule has 2 aromatic rings. The highest BCUT2D eigenvalue weighted by atomic mass is 79.9. The van der Waals surface area contributed by atoms with Crippen LogP contribution < -0.4 is 0 Å². The second kappa shape index (κ2) is 7.28. The zero-order valence-corrected chi connectivity index (χ0v) is 14.7. The van der Waals surface area contributed by atoms with E-state index in [2.05, 4.69) is 47.1 Å². The number of rotatable bonds is 3. The summed E-state index contributed by atoms with van der Waals surface area (Å²) in [6, 6.07) is 18.3. The van der Waals surface area contributed by atoms with Crippen LogP contribution in [0.3, 0.4) is 0 Å². The minimum atomic E-state index is -0.0278. The van der Waals surface area contributed by atoms with Gasteiger partial charge >= 0.3 is 0 Å². The van der Waals surface area contributed by atoms with Crippen LogP contribution in [0.1, 0.15) is 36.6 Å². The molecule has 120 valence electrons. The van der Waals surface area contributed by atoms with Gasteiger partial charge in [0.2, 0.25) is 5.91 Å². The zero-order valence-electron chi connectivity index (χ0n) is 13.1. The lowest BCUT2D eigenvalue weighted by molar-refractivity contribution is -0.136. The molecular formula is C19H20BrNO2. The van der Waals surface area contributed by atoms with E-state index in [0.29, 0.717) is 6.54 Å². The molecule has 1 unspecified atom stereocenters. The topological polar surface area (TPSA) is 29.5 Å². The highest BCUT2D eigenvalue weighted by Crippen LogP contribution is 2.29. The van der Waals surface area contributed by atoms with Crippen LogP contribution in [0, 0.1) is 0 Å². The molecule has 1 aliphatic rings. The molecule has 1 amide bonds. The Bertz CT molecular complexity index is 657. The van der Waals surface area contributed by atoms with E-state index in [1.165, 1.54) is 0 Å². The summed E-state index contributed by atoms with van der Waals surface area (Å²) in [5.41, 5.74) is 2.28. The van der Waals surface area contributed by atoms with Crippen LogP contribution in [0.4, 0.5) is 0 Å². The molecule has 0 aromatic heterocycles. The van der Waals surface area contributed by atoms with Crippen molar-refractivity contribution in [2.24, 2.45) is 0 Å². The van der Waals surface area contributed by atoms with Crippen LogP contribution in [-0.2, 0) is 9.53 Å². The Kier molecular flexibility index (Phi) is 5.13. The van der Waals surface area contributed by atoms with E-state index in [0.717, 1.165) is 22.0 Å². The number of benzene rings is 2. The quantitative estimate of drug-likeness (QED) is 0.792. The molecular weight excluding hydrogens is 354 g/mol. The van der Waals surface area contributed by atoms with Gasteiger partial charge in [0.15, 0.2) is 0 Å². The molecule has 0 aliphatic carbocycles. The summed E-state index contributed by atoms with van der Waals surface area (Å²) in [7, 11) is 0. The third-order valence-corrected chi connectivity index (χ3v) is 4.88. The first-order chi connectivity index (χ1) is 11.1. The first kappa shape index (κ1) is 16.2. The summed E-state index contributed by atoms with van der Waals surface area (Å²) < 4.78 is 6.90. The fourth-order valence-corrected chi connectivity index (χ4v) is 3.24. The standard InChI is InChI=1S/C19H20BrNO2/c1-14(15-5-3-2-4-6-15)21-12-11-18(23-13-19(21)22)16-7-9-17(20)10-8-16/h2-10,14,18H,11-13H2,1H3/t14-,18?/m1/s1. The molecule has 0 bridgehead atoms. The van der Waals surface area contributed by atoms with Crippen molar-refractivity contribution in [2.45, 2.75) is 25.5 Å². The number of carbonyl (C=O) groups is 1. The Labute approximate surface area is 145 Å². The van der Waals surface area contributed by atoms with Crippen LogP contribution in [0.5, 0.6) is 0 Å². The molecule has 1 aliphatic heterocycles. The number of nitrogens with zero attached hydrogens (tertiary/aromatic N) is 1. The van der Waals surface area contributed by atoms with E-state index < -0.39 is 0 Å². The lowest BCUT2D eigenvalue weighted by Gasteiger charge is -2.28. The number of hydrogen-bond acceptors (Lipinski definition) is 2. The van der Waals surface area contributed by atoms with Gasteiger partial charge in [-0.15, -0.1) is 0 Å². The maximum atomic E-state index is 12.5. The van der Waals surface area contributed by atoms with Gasteiger partial charge in [0, 0.05) is 11.0 Å². The summed E-state index contributed by atoms with van der Waals surface area (Å²) in [5.74, 6) is 0.0564. The molecule has 1 heterocycles. The fraction of sp³-hybridized carbons (Fsp3) is 0.316. The summed E-state index contributed by atoms with van der Waals surface area (Å²) in [4.78, 5) is 14.4. The van der Waals surface area contributed by atoms with Crippen LogP contribution in [0.15, 0.2) is 59.1 Å². The molecule has 0 saturated carbocycles. The first-order valence-corrected chi connectivity index (χ1v) is 8.66. The predicted molar refractivity (Wildman–Crippen MR) is 94.0 cm³/mol. The van der Waals surface area contributed by atoms with Gasteiger partial charge in [-0.3, -0.25) is 4.79 Å². The molecule has 23 heavy (non-hydrogen) atoms. The number of amides is 1. The molecule has 0 spiro atoms. The SMILES string of the molecule is C[C@H](c1ccccc1)N1CCC(c2ccc(Br)cc2)OCC1=O. The smallest absolute Gasteiger partial charge is 0.249 e. The monoisotopic (exact) mass is 373 g/mol. The molecule has 3 rings (SSSR count). The lowest BCUT2D eigenvalue weighted by Crippen LogP contribution is -2.34. The first-order valence-electron chi connectivity index (χ1n) is 7.86. The van der Waals surface area contributed by atoms with E-state index in [-0.39, 0.29) is 24.7 Å². The third-order valence-electron chi connectivity index (χ3n) is 4.35. The van der Waals surface area contributed by atoms with Crippen LogP contribution in [0.2, 0.25) is 0 Å². The number of hydrogen-bond donors (Lipinski definition) is 0. The van der Waals surface area contributed by atoms with Crippen LogP contribution >= 0.6 is 15.9 Å². The molecule has 1 fully saturated rings. The van der Waals surface area contributed by atoms with Crippen molar-refractivity contribution < 1.29 is 9.53 Å². The third kappa shape index (κ3) is 3.82. The Morgan fingerprint density at radius 1 is 1.13 bits per heavy atom. The largest absolute Gasteiger partial charge is 0.364 e. The average Bonchev–Trinajstić information content (AvgIpc) is 2.78. The van der Waals surface area contributed by atoms with Gasteiger partial charge < -0.3 is 9.64 Å². The molecule has 1 saturated heterocycles. The number of halogens is 1. The Hall–Kier alpha value is -1.65. The summed E-state index contributed by atoms with van der Waals surface area (Å²) in [5, 5.41) is 0. The summed E-state index contributed by atoms with van der Waals surface area (Å²) >= 11 is 3.45. The van der Waals surface area contributed by atoms with E-state index >= 15 is 0 Å². The average molecular weight is 374 g/mol. The van der Waals surface area contributed by atoms with E-state index in [9.17, 15) is 4.79 Å². The van der Waals surface area contributed by atoms with E-state index in [1.807, 2.05) is 35.2 Å². The number of carbonyl (C=O) groups excluding carboxylic acids is 1. The second-order valence-corrected chi connectivity index (χ2v) is 6.73. The van der Waals surface area contributed by atoms with Gasteiger partial charge in [0.1, 0.15) is 6.61 Å². The maximum Gasteiger partial charge on any atom is 0.249 e. The zero-order chi connectivity index (χ0) is 16.2. The number of ether oxygens (including phenoxy) is 1. The lowest BCUT2D eigenvalue weighted by atomic mass is 10.0. The van der Waals surface area contributed by atoms with E-state index in [1.54, 1.807) is 0 Å². The van der Waals surface area contributed by atoms with Crippen LogP contribution in [-0.4, -0.2) is 24.0 Å². The molecule has 0 N–H and O–H groups in total. The summed E-state index contributed by atoms with van der Waals surface area (Å²) in [6.07, 6.45) is 0.782. The van der Waals surface area contributed by atoms with E-state index in [4.69, 9.17) is 4.74 Å². The van der Waals surface area contributed by atoms with Crippen molar-refractivity contribution in [3.05, 3.63) is 70.2 Å². The minimum absolute atomic E-state index is 0.0278. The maximum absolute atomic E-state index is 12.5. The van der Waals surface area contributed by atoms with Gasteiger partial charge in [-0.05, 0) is 36.6 Å². The predicted octanol–water partition coefficient (Wildman–Crippen LogP) is 4.50. The Balaban J connectivity index is 1.73. The van der Waals surface area contributed by atoms with Crippen molar-refractivity contribution in [1.82, 2.24) is 4.90 Å². The molecule has 0 radical (unpaired) electrons. The van der Waals surface area contributed by atoms with Crippen molar-refractivity contribution >= 4 is 21.8 Å². The van der Waals surface area contributed by atoms with Crippen molar-refractivity contribution in [3.8, 4) is 0 Å². The van der Waals surface area contributed by atoms with Crippen molar-refractivity contribution in [3.63, 3.8) is 0 Å². The highest BCUT2D eigenvalue weighted by molar-refractivity contribution is 9.10. The molecule has 4 heteroatoms. The summed E-state index contributed by atoms with van der Waals surface area (Å²) in [6.45, 7) is 2.92. The van der Waals surface area contributed by atoms with Gasteiger partial charge in [-0.1, -0.05) is 58.4 Å². The highest BCUT2D eigenvalue weighted by Gasteiger charge is 2.27. The van der Waals surface area contributed by atoms with Gasteiger partial charge in [-0.2, -0.15) is 0 Å². The Morgan fingerprint density at radius 2 is 1.83 bits per heavy atom. The van der Waals surface area contributed by atoms with Crippen molar-refractivity contribution in [1.29, 1.82) is 0 Å². The van der Waals surface area contributed by atoms with Gasteiger partial charge in [0.05, 0.1) is 12.1 Å². The molecule has 3 nitrogen and oxygen atoms in total. The molecule has 2 aromatic carbocycles. The molecule has 2 atom stereocenters. The fourth-order valence-electron chi connectivity index (χ4n) is 2.98.